The van der Waals surface area contributed by atoms with Gasteiger partial charge in [0.15, 0.2) is 6.54 Å². The first-order valence-corrected chi connectivity index (χ1v) is 7.14. The van der Waals surface area contributed by atoms with E-state index in [1.807, 2.05) is 31.2 Å². The fourth-order valence-corrected chi connectivity index (χ4v) is 2.45. The number of benzene rings is 1. The first-order valence-electron chi connectivity index (χ1n) is 6.77. The van der Waals surface area contributed by atoms with E-state index < -0.39 is 0 Å². The molecule has 2 N–H and O–H groups in total. The molecule has 0 saturated carbocycles. The molecule has 108 valence electrons. The summed E-state index contributed by atoms with van der Waals surface area (Å²) < 4.78 is 0. The second kappa shape index (κ2) is 6.72. The molecule has 0 spiro atoms. The predicted molar refractivity (Wildman–Crippen MR) is 76.6 cm³/mol. The van der Waals surface area contributed by atoms with Gasteiger partial charge in [0.05, 0.1) is 6.54 Å². The van der Waals surface area contributed by atoms with E-state index >= 15 is 0 Å². The van der Waals surface area contributed by atoms with Crippen molar-refractivity contribution in [1.82, 2.24) is 10.2 Å². The van der Waals surface area contributed by atoms with E-state index in [9.17, 15) is 9.59 Å². The number of quaternary nitrogens is 1. The number of carbonyl (C=O) groups is 2. The van der Waals surface area contributed by atoms with Crippen LogP contribution >= 0.6 is 11.6 Å². The molecule has 1 aliphatic rings. The molecule has 0 aromatic heterocycles. The maximum absolute atomic E-state index is 12.1. The van der Waals surface area contributed by atoms with Crippen molar-refractivity contribution in [3.8, 4) is 0 Å². The van der Waals surface area contributed by atoms with E-state index in [-0.39, 0.29) is 11.9 Å². The van der Waals surface area contributed by atoms with Crippen molar-refractivity contribution in [2.75, 3.05) is 26.2 Å². The Morgan fingerprint density at radius 2 is 2.20 bits per heavy atom. The molecule has 0 bridgehead atoms. The van der Waals surface area contributed by atoms with Gasteiger partial charge in [-0.05, 0) is 13.0 Å². The lowest BCUT2D eigenvalue weighted by Crippen LogP contribution is -3.11. The van der Waals surface area contributed by atoms with Crippen molar-refractivity contribution in [2.45, 2.75) is 13.5 Å². The molecule has 3 amide bonds. The quantitative estimate of drug-likeness (QED) is 0.821. The monoisotopic (exact) mass is 296 g/mol. The Kier molecular flexibility index (Phi) is 4.98. The highest BCUT2D eigenvalue weighted by atomic mass is 35.5. The van der Waals surface area contributed by atoms with E-state index in [0.29, 0.717) is 31.2 Å². The SMILES string of the molecule is CC[NH+](CC(=O)N1CCNC1=O)Cc1ccccc1Cl. The van der Waals surface area contributed by atoms with Crippen LogP contribution in [0.25, 0.3) is 0 Å². The summed E-state index contributed by atoms with van der Waals surface area (Å²) >= 11 is 6.14. The summed E-state index contributed by atoms with van der Waals surface area (Å²) in [5.41, 5.74) is 1.02. The number of nitrogens with one attached hydrogen (secondary N) is 2. The number of carbonyl (C=O) groups excluding carboxylic acids is 2. The van der Waals surface area contributed by atoms with Crippen LogP contribution in [0.1, 0.15) is 12.5 Å². The van der Waals surface area contributed by atoms with E-state index in [1.54, 1.807) is 0 Å². The number of hydrogen-bond acceptors (Lipinski definition) is 2. The third-order valence-corrected chi connectivity index (χ3v) is 3.83. The summed E-state index contributed by atoms with van der Waals surface area (Å²) in [7, 11) is 0. The maximum Gasteiger partial charge on any atom is 0.324 e. The van der Waals surface area contributed by atoms with Crippen LogP contribution in [0.5, 0.6) is 0 Å². The Balaban J connectivity index is 1.97. The molecule has 1 atom stereocenters. The summed E-state index contributed by atoms with van der Waals surface area (Å²) in [6, 6.07) is 7.34. The van der Waals surface area contributed by atoms with Gasteiger partial charge >= 0.3 is 6.03 Å². The number of amides is 3. The maximum atomic E-state index is 12.1. The second-order valence-corrected chi connectivity index (χ2v) is 5.23. The molecule has 2 rings (SSSR count). The molecule has 0 radical (unpaired) electrons. The third-order valence-electron chi connectivity index (χ3n) is 3.46. The smallest absolute Gasteiger partial charge is 0.324 e. The summed E-state index contributed by atoms with van der Waals surface area (Å²) in [6.45, 7) is 4.79. The van der Waals surface area contributed by atoms with Gasteiger partial charge in [0.2, 0.25) is 0 Å². The molecule has 20 heavy (non-hydrogen) atoms. The van der Waals surface area contributed by atoms with Gasteiger partial charge in [0.1, 0.15) is 6.54 Å². The van der Waals surface area contributed by atoms with Crippen LogP contribution in [0.15, 0.2) is 24.3 Å². The summed E-state index contributed by atoms with van der Waals surface area (Å²) in [5, 5.41) is 3.35. The molecular weight excluding hydrogens is 278 g/mol. The van der Waals surface area contributed by atoms with Gasteiger partial charge in [-0.3, -0.25) is 9.69 Å². The normalized spacial score (nSPS) is 16.1. The summed E-state index contributed by atoms with van der Waals surface area (Å²) in [6.07, 6.45) is 0. The van der Waals surface area contributed by atoms with Crippen molar-refractivity contribution in [2.24, 2.45) is 0 Å². The molecule has 5 nitrogen and oxygen atoms in total. The molecule has 1 saturated heterocycles. The Labute approximate surface area is 123 Å². The minimum absolute atomic E-state index is 0.135. The molecule has 1 fully saturated rings. The number of urea groups is 1. The zero-order valence-corrected chi connectivity index (χ0v) is 12.2. The Morgan fingerprint density at radius 3 is 2.80 bits per heavy atom. The molecule has 1 aromatic rings. The molecule has 1 aromatic carbocycles. The molecule has 0 aliphatic carbocycles. The van der Waals surface area contributed by atoms with Crippen LogP contribution < -0.4 is 10.2 Å². The fraction of sp³-hybridized carbons (Fsp3) is 0.429. The molecule has 1 unspecified atom stereocenters. The number of hydrogen-bond donors (Lipinski definition) is 2. The summed E-state index contributed by atoms with van der Waals surface area (Å²) in [4.78, 5) is 25.9. The Hall–Kier alpha value is -1.59. The first kappa shape index (κ1) is 14.8. The van der Waals surface area contributed by atoms with Crippen molar-refractivity contribution in [3.63, 3.8) is 0 Å². The lowest BCUT2D eigenvalue weighted by Gasteiger charge is -2.20. The van der Waals surface area contributed by atoms with Gasteiger partial charge in [-0.15, -0.1) is 0 Å². The topological polar surface area (TPSA) is 53.9 Å². The highest BCUT2D eigenvalue weighted by Crippen LogP contribution is 2.13. The van der Waals surface area contributed by atoms with E-state index in [1.165, 1.54) is 4.90 Å². The highest BCUT2D eigenvalue weighted by Gasteiger charge is 2.28. The minimum atomic E-state index is -0.289. The van der Waals surface area contributed by atoms with Crippen LogP contribution in [0.4, 0.5) is 4.79 Å². The van der Waals surface area contributed by atoms with Gasteiger partial charge in [-0.2, -0.15) is 0 Å². The number of imide groups is 1. The Morgan fingerprint density at radius 1 is 1.45 bits per heavy atom. The molecule has 1 heterocycles. The molecule has 1 aliphatic heterocycles. The van der Waals surface area contributed by atoms with Crippen LogP contribution in [-0.4, -0.2) is 43.0 Å². The van der Waals surface area contributed by atoms with Crippen molar-refractivity contribution in [1.29, 1.82) is 0 Å². The Bertz CT molecular complexity index is 507. The summed E-state index contributed by atoms with van der Waals surface area (Å²) in [5.74, 6) is -0.135. The average Bonchev–Trinajstić information content (AvgIpc) is 2.86. The molecular formula is C14H19ClN3O2+. The number of halogens is 1. The predicted octanol–water partition coefficient (Wildman–Crippen LogP) is 0.297. The lowest BCUT2D eigenvalue weighted by molar-refractivity contribution is -0.904. The van der Waals surface area contributed by atoms with Gasteiger partial charge in [-0.25, -0.2) is 4.79 Å². The highest BCUT2D eigenvalue weighted by molar-refractivity contribution is 6.31. The zero-order valence-electron chi connectivity index (χ0n) is 11.5. The fourth-order valence-electron chi connectivity index (χ4n) is 2.24. The van der Waals surface area contributed by atoms with Crippen LogP contribution in [-0.2, 0) is 11.3 Å². The average molecular weight is 297 g/mol. The second-order valence-electron chi connectivity index (χ2n) is 4.83. The largest absolute Gasteiger partial charge is 0.336 e. The van der Waals surface area contributed by atoms with Crippen molar-refractivity contribution < 1.29 is 14.5 Å². The van der Waals surface area contributed by atoms with Crippen molar-refractivity contribution in [3.05, 3.63) is 34.9 Å². The number of rotatable bonds is 5. The number of likely N-dealkylation sites (N-methyl/N-ethyl adjacent to an activating group) is 1. The van der Waals surface area contributed by atoms with E-state index in [4.69, 9.17) is 11.6 Å². The minimum Gasteiger partial charge on any atom is -0.336 e. The van der Waals surface area contributed by atoms with E-state index in [0.717, 1.165) is 17.0 Å². The van der Waals surface area contributed by atoms with Gasteiger partial charge in [0.25, 0.3) is 5.91 Å². The van der Waals surface area contributed by atoms with Gasteiger partial charge in [0, 0.05) is 23.7 Å². The van der Waals surface area contributed by atoms with Crippen molar-refractivity contribution >= 4 is 23.5 Å². The van der Waals surface area contributed by atoms with Crippen LogP contribution in [0.3, 0.4) is 0 Å². The number of nitrogens with zero attached hydrogens (tertiary/aromatic N) is 1. The van der Waals surface area contributed by atoms with Gasteiger partial charge < -0.3 is 10.2 Å². The zero-order chi connectivity index (χ0) is 14.5. The molecule has 6 heteroatoms. The van der Waals surface area contributed by atoms with Crippen LogP contribution in [0, 0.1) is 0 Å². The third kappa shape index (κ3) is 3.49. The van der Waals surface area contributed by atoms with E-state index in [2.05, 4.69) is 5.32 Å². The van der Waals surface area contributed by atoms with Gasteiger partial charge in [-0.1, -0.05) is 29.8 Å². The van der Waals surface area contributed by atoms with Crippen LogP contribution in [0.2, 0.25) is 5.02 Å². The lowest BCUT2D eigenvalue weighted by atomic mass is 10.2. The standard InChI is InChI=1S/C14H18ClN3O2/c1-2-17(9-11-5-3-4-6-12(11)15)10-13(19)18-8-7-16-14(18)20/h3-6H,2,7-10H2,1H3,(H,16,20)/p+1. The first-order chi connectivity index (χ1) is 9.61.